The molecule has 1 aliphatic rings. The zero-order chi connectivity index (χ0) is 13.0. The number of nitrogens with zero attached hydrogens (tertiary/aromatic N) is 1. The summed E-state index contributed by atoms with van der Waals surface area (Å²) in [5.74, 6) is -0.229. The Morgan fingerprint density at radius 3 is 2.67 bits per heavy atom. The molecule has 18 heavy (non-hydrogen) atoms. The van der Waals surface area contributed by atoms with Crippen LogP contribution in [0.1, 0.15) is 38.2 Å². The van der Waals surface area contributed by atoms with Gasteiger partial charge < -0.3 is 0 Å². The van der Waals surface area contributed by atoms with Gasteiger partial charge in [-0.05, 0) is 31.4 Å². The number of nitrogens with one attached hydrogen (secondary N) is 1. The quantitative estimate of drug-likeness (QED) is 0.885. The first kappa shape index (κ1) is 13.0. The average Bonchev–Trinajstić information content (AvgIpc) is 2.85. The fraction of sp³-hybridized carbons (Fsp3) is 0.533. The van der Waals surface area contributed by atoms with Crippen molar-refractivity contribution in [2.45, 2.75) is 50.6 Å². The smallest absolute Gasteiger partial charge is 0.126 e. The first-order valence-electron chi connectivity index (χ1n) is 6.55. The molecule has 1 N–H and O–H groups in total. The molecule has 0 bridgehead atoms. The van der Waals surface area contributed by atoms with Gasteiger partial charge in [-0.2, -0.15) is 5.26 Å². The van der Waals surface area contributed by atoms with E-state index < -0.39 is 5.54 Å². The van der Waals surface area contributed by atoms with Gasteiger partial charge >= 0.3 is 0 Å². The van der Waals surface area contributed by atoms with E-state index in [9.17, 15) is 9.65 Å². The Labute approximate surface area is 108 Å². The molecule has 0 saturated heterocycles. The number of rotatable bonds is 4. The first-order valence-corrected chi connectivity index (χ1v) is 6.55. The third kappa shape index (κ3) is 3.08. The lowest BCUT2D eigenvalue weighted by atomic mass is 9.92. The van der Waals surface area contributed by atoms with Crippen LogP contribution in [0.15, 0.2) is 24.3 Å². The van der Waals surface area contributed by atoms with Gasteiger partial charge in [0.25, 0.3) is 0 Å². The van der Waals surface area contributed by atoms with Crippen molar-refractivity contribution in [3.63, 3.8) is 0 Å². The Kier molecular flexibility index (Phi) is 3.98. The van der Waals surface area contributed by atoms with E-state index in [0.29, 0.717) is 18.0 Å². The highest BCUT2D eigenvalue weighted by atomic mass is 19.1. The molecule has 1 unspecified atom stereocenters. The molecule has 0 radical (unpaired) electrons. The van der Waals surface area contributed by atoms with Gasteiger partial charge in [0.2, 0.25) is 0 Å². The van der Waals surface area contributed by atoms with Gasteiger partial charge in [0.15, 0.2) is 0 Å². The maximum atomic E-state index is 13.6. The molecule has 2 rings (SSSR count). The molecule has 1 atom stereocenters. The summed E-state index contributed by atoms with van der Waals surface area (Å²) >= 11 is 0. The van der Waals surface area contributed by atoms with E-state index in [2.05, 4.69) is 11.4 Å². The van der Waals surface area contributed by atoms with E-state index in [0.717, 1.165) is 12.8 Å². The lowest BCUT2D eigenvalue weighted by molar-refractivity contribution is 0.373. The van der Waals surface area contributed by atoms with E-state index in [-0.39, 0.29) is 5.82 Å². The lowest BCUT2D eigenvalue weighted by Crippen LogP contribution is -2.48. The normalized spacial score (nSPS) is 19.4. The van der Waals surface area contributed by atoms with Crippen LogP contribution in [0, 0.1) is 17.1 Å². The van der Waals surface area contributed by atoms with Crippen molar-refractivity contribution in [2.75, 3.05) is 0 Å². The second kappa shape index (κ2) is 5.49. The molecule has 0 amide bonds. The summed E-state index contributed by atoms with van der Waals surface area (Å²) < 4.78 is 13.6. The standard InChI is InChI=1S/C15H19FN2/c1-15(11-17,18-13-7-3-4-8-13)10-12-6-2-5-9-14(12)16/h2,5-6,9,13,18H,3-4,7-8,10H2,1H3. The number of halogens is 1. The largest absolute Gasteiger partial charge is 0.297 e. The summed E-state index contributed by atoms with van der Waals surface area (Å²) in [6.07, 6.45) is 5.09. The second-order valence-corrected chi connectivity index (χ2v) is 5.34. The van der Waals surface area contributed by atoms with Crippen LogP contribution in [0.25, 0.3) is 0 Å². The molecule has 2 nitrogen and oxygen atoms in total. The van der Waals surface area contributed by atoms with Crippen molar-refractivity contribution in [3.05, 3.63) is 35.6 Å². The van der Waals surface area contributed by atoms with Gasteiger partial charge in [-0.25, -0.2) is 4.39 Å². The van der Waals surface area contributed by atoms with Crippen LogP contribution >= 0.6 is 0 Å². The van der Waals surface area contributed by atoms with Crippen molar-refractivity contribution in [1.29, 1.82) is 5.26 Å². The molecule has 0 heterocycles. The highest BCUT2D eigenvalue weighted by Crippen LogP contribution is 2.23. The third-order valence-electron chi connectivity index (χ3n) is 3.63. The van der Waals surface area contributed by atoms with Crippen molar-refractivity contribution in [1.82, 2.24) is 5.32 Å². The minimum absolute atomic E-state index is 0.229. The Morgan fingerprint density at radius 1 is 1.39 bits per heavy atom. The van der Waals surface area contributed by atoms with Crippen LogP contribution in [-0.4, -0.2) is 11.6 Å². The summed E-state index contributed by atoms with van der Waals surface area (Å²) in [6.45, 7) is 1.86. The molecule has 1 fully saturated rings. The summed E-state index contributed by atoms with van der Waals surface area (Å²) in [6, 6.07) is 9.39. The minimum Gasteiger partial charge on any atom is -0.297 e. The molecule has 0 spiro atoms. The average molecular weight is 246 g/mol. The van der Waals surface area contributed by atoms with Crippen LogP contribution < -0.4 is 5.32 Å². The highest BCUT2D eigenvalue weighted by Gasteiger charge is 2.29. The molecule has 1 aliphatic carbocycles. The molecule has 96 valence electrons. The van der Waals surface area contributed by atoms with Crippen molar-refractivity contribution < 1.29 is 4.39 Å². The molecule has 1 saturated carbocycles. The van der Waals surface area contributed by atoms with Gasteiger partial charge in [-0.1, -0.05) is 31.0 Å². The Bertz CT molecular complexity index is 446. The van der Waals surface area contributed by atoms with Crippen LogP contribution in [0.4, 0.5) is 4.39 Å². The molecule has 0 aromatic heterocycles. The minimum atomic E-state index is -0.683. The molecule has 0 aliphatic heterocycles. The maximum absolute atomic E-state index is 13.6. The van der Waals surface area contributed by atoms with Gasteiger partial charge in [0.05, 0.1) is 6.07 Å². The Balaban J connectivity index is 2.08. The van der Waals surface area contributed by atoms with Gasteiger partial charge in [0.1, 0.15) is 11.4 Å². The van der Waals surface area contributed by atoms with Crippen LogP contribution in [0.5, 0.6) is 0 Å². The monoisotopic (exact) mass is 246 g/mol. The summed E-state index contributed by atoms with van der Waals surface area (Å²) in [5.41, 5.74) is -0.0796. The fourth-order valence-corrected chi connectivity index (χ4v) is 2.67. The van der Waals surface area contributed by atoms with Crippen molar-refractivity contribution >= 4 is 0 Å². The molecule has 1 aromatic carbocycles. The number of nitriles is 1. The zero-order valence-corrected chi connectivity index (χ0v) is 10.7. The molecule has 3 heteroatoms. The highest BCUT2D eigenvalue weighted by molar-refractivity contribution is 5.23. The van der Waals surface area contributed by atoms with E-state index in [1.165, 1.54) is 18.9 Å². The molecular formula is C15H19FN2. The van der Waals surface area contributed by atoms with Gasteiger partial charge in [-0.3, -0.25) is 5.32 Å². The van der Waals surface area contributed by atoms with E-state index >= 15 is 0 Å². The van der Waals surface area contributed by atoms with Gasteiger partial charge in [-0.15, -0.1) is 0 Å². The Morgan fingerprint density at radius 2 is 2.06 bits per heavy atom. The predicted octanol–water partition coefficient (Wildman–Crippen LogP) is 3.18. The molecular weight excluding hydrogens is 227 g/mol. The van der Waals surface area contributed by atoms with Crippen molar-refractivity contribution in [2.24, 2.45) is 0 Å². The Hall–Kier alpha value is -1.40. The van der Waals surface area contributed by atoms with Crippen molar-refractivity contribution in [3.8, 4) is 6.07 Å². The fourth-order valence-electron chi connectivity index (χ4n) is 2.67. The summed E-state index contributed by atoms with van der Waals surface area (Å²) in [7, 11) is 0. The number of benzene rings is 1. The second-order valence-electron chi connectivity index (χ2n) is 5.34. The van der Waals surface area contributed by atoms with Crippen LogP contribution in [0.2, 0.25) is 0 Å². The summed E-state index contributed by atoms with van der Waals surface area (Å²) in [4.78, 5) is 0. The molecule has 1 aromatic rings. The number of hydrogen-bond donors (Lipinski definition) is 1. The van der Waals surface area contributed by atoms with E-state index in [4.69, 9.17) is 0 Å². The van der Waals surface area contributed by atoms with Gasteiger partial charge in [0, 0.05) is 12.5 Å². The number of hydrogen-bond acceptors (Lipinski definition) is 2. The van der Waals surface area contributed by atoms with E-state index in [1.54, 1.807) is 12.1 Å². The first-order chi connectivity index (χ1) is 8.63. The van der Waals surface area contributed by atoms with E-state index in [1.807, 2.05) is 13.0 Å². The lowest BCUT2D eigenvalue weighted by Gasteiger charge is -2.27. The topological polar surface area (TPSA) is 35.8 Å². The summed E-state index contributed by atoms with van der Waals surface area (Å²) in [5, 5.41) is 12.8. The maximum Gasteiger partial charge on any atom is 0.126 e. The third-order valence-corrected chi connectivity index (χ3v) is 3.63. The van der Waals surface area contributed by atoms with Crippen LogP contribution in [-0.2, 0) is 6.42 Å². The SMILES string of the molecule is CC(C#N)(Cc1ccccc1F)NC1CCCC1. The predicted molar refractivity (Wildman–Crippen MR) is 69.5 cm³/mol. The van der Waals surface area contributed by atoms with Crippen LogP contribution in [0.3, 0.4) is 0 Å². The zero-order valence-electron chi connectivity index (χ0n) is 10.7.